The van der Waals surface area contributed by atoms with Crippen LogP contribution in [-0.4, -0.2) is 20.0 Å². The number of carbonyl (C=O) groups is 1. The van der Waals surface area contributed by atoms with E-state index < -0.39 is 6.41 Å². The Morgan fingerprint density at radius 3 is 2.57 bits per heavy atom. The lowest BCUT2D eigenvalue weighted by atomic mass is 11.1. The van der Waals surface area contributed by atoms with Crippen LogP contribution in [0.5, 0.6) is 0 Å². The molecule has 0 heterocycles. The summed E-state index contributed by atoms with van der Waals surface area (Å²) in [4.78, 5) is 9.39. The Labute approximate surface area is 41.2 Å². The second kappa shape index (κ2) is 3.58. The Hall–Kier alpha value is -0.610. The molecule has 42 valence electrons. The van der Waals surface area contributed by atoms with E-state index >= 15 is 0 Å². The summed E-state index contributed by atoms with van der Waals surface area (Å²) in [6.07, 6.45) is -0.919. The van der Waals surface area contributed by atoms with E-state index in [9.17, 15) is 4.79 Å². The minimum Gasteiger partial charge on any atom is -0.424 e. The largest absolute Gasteiger partial charge is 0.424 e. The maximum Gasteiger partial charge on any atom is 0.296 e. The fourth-order valence-electron chi connectivity index (χ4n) is 0.110. The van der Waals surface area contributed by atoms with Crippen molar-refractivity contribution in [2.75, 3.05) is 7.11 Å². The summed E-state index contributed by atoms with van der Waals surface area (Å²) in [5, 5.41) is 0. The Morgan fingerprint density at radius 1 is 1.86 bits per heavy atom. The summed E-state index contributed by atoms with van der Waals surface area (Å²) in [5.74, 6) is 0. The zero-order valence-corrected chi connectivity index (χ0v) is 3.96. The van der Waals surface area contributed by atoms with Crippen LogP contribution in [0.2, 0.25) is 0 Å². The first-order valence-electron chi connectivity index (χ1n) is 1.68. The van der Waals surface area contributed by atoms with Crippen molar-refractivity contribution >= 4 is 6.47 Å². The lowest BCUT2D eigenvalue weighted by Crippen LogP contribution is -2.24. The van der Waals surface area contributed by atoms with Gasteiger partial charge in [0.25, 0.3) is 12.9 Å². The van der Waals surface area contributed by atoms with E-state index in [-0.39, 0.29) is 6.47 Å². The highest BCUT2D eigenvalue weighted by Gasteiger charge is 1.92. The minimum atomic E-state index is -0.919. The van der Waals surface area contributed by atoms with Gasteiger partial charge in [-0.2, -0.15) is 0 Å². The van der Waals surface area contributed by atoms with Crippen molar-refractivity contribution in [1.82, 2.24) is 0 Å². The normalized spacial score (nSPS) is 12.9. The van der Waals surface area contributed by atoms with Gasteiger partial charge in [0.1, 0.15) is 0 Å². The summed E-state index contributed by atoms with van der Waals surface area (Å²) in [5.41, 5.74) is 4.91. The fourth-order valence-corrected chi connectivity index (χ4v) is 0.110. The molecule has 0 bridgehead atoms. The molecule has 0 spiro atoms. The smallest absolute Gasteiger partial charge is 0.296 e. The van der Waals surface area contributed by atoms with E-state index in [1.807, 2.05) is 0 Å². The van der Waals surface area contributed by atoms with Crippen molar-refractivity contribution in [2.45, 2.75) is 6.41 Å². The lowest BCUT2D eigenvalue weighted by molar-refractivity contribution is -0.156. The van der Waals surface area contributed by atoms with E-state index in [2.05, 4.69) is 9.47 Å². The maximum absolute atomic E-state index is 9.39. The highest BCUT2D eigenvalue weighted by molar-refractivity contribution is 5.36. The van der Waals surface area contributed by atoms with Crippen LogP contribution < -0.4 is 5.73 Å². The van der Waals surface area contributed by atoms with Crippen LogP contribution in [-0.2, 0) is 14.3 Å². The quantitative estimate of drug-likeness (QED) is 0.371. The van der Waals surface area contributed by atoms with Crippen molar-refractivity contribution in [2.24, 2.45) is 5.73 Å². The third-order valence-corrected chi connectivity index (χ3v) is 0.422. The Morgan fingerprint density at radius 2 is 2.43 bits per heavy atom. The van der Waals surface area contributed by atoms with E-state index in [1.165, 1.54) is 7.11 Å². The van der Waals surface area contributed by atoms with Gasteiger partial charge in [-0.25, -0.2) is 0 Å². The predicted molar refractivity (Wildman–Crippen MR) is 22.1 cm³/mol. The number of rotatable bonds is 3. The van der Waals surface area contributed by atoms with Gasteiger partial charge in [-0.15, -0.1) is 0 Å². The molecule has 0 aromatic heterocycles. The molecule has 0 aliphatic heterocycles. The molecule has 0 aliphatic rings. The Bertz CT molecular complexity index is 56.1. The van der Waals surface area contributed by atoms with Gasteiger partial charge in [0, 0.05) is 7.11 Å². The summed E-state index contributed by atoms with van der Waals surface area (Å²) in [6, 6.07) is 0. The molecule has 0 aliphatic carbocycles. The van der Waals surface area contributed by atoms with Gasteiger partial charge in [0.05, 0.1) is 0 Å². The van der Waals surface area contributed by atoms with E-state index in [0.29, 0.717) is 0 Å². The van der Waals surface area contributed by atoms with Crippen molar-refractivity contribution < 1.29 is 14.3 Å². The van der Waals surface area contributed by atoms with Crippen LogP contribution in [0.3, 0.4) is 0 Å². The highest BCUT2D eigenvalue weighted by Crippen LogP contribution is 1.74. The number of nitrogens with two attached hydrogens (primary N) is 1. The molecule has 1 atom stereocenters. The number of hydrogen-bond acceptors (Lipinski definition) is 4. The molecule has 4 heteroatoms. The van der Waals surface area contributed by atoms with Gasteiger partial charge >= 0.3 is 0 Å². The summed E-state index contributed by atoms with van der Waals surface area (Å²) in [6.45, 7) is 0.230. The third-order valence-electron chi connectivity index (χ3n) is 0.422. The molecular formula is C3H7NO3. The van der Waals surface area contributed by atoms with Crippen LogP contribution in [0, 0.1) is 0 Å². The Kier molecular flexibility index (Phi) is 3.26. The molecule has 0 amide bonds. The monoisotopic (exact) mass is 105 g/mol. The average Bonchev–Trinajstić information content (AvgIpc) is 1.68. The number of methoxy groups -OCH3 is 1. The maximum atomic E-state index is 9.39. The summed E-state index contributed by atoms with van der Waals surface area (Å²) >= 11 is 0. The SMILES string of the molecule is COC(N)OC=O. The molecule has 0 aromatic carbocycles. The first kappa shape index (κ1) is 6.39. The topological polar surface area (TPSA) is 61.6 Å². The van der Waals surface area contributed by atoms with Gasteiger partial charge in [-0.3, -0.25) is 10.5 Å². The predicted octanol–water partition coefficient (Wildman–Crippen LogP) is -0.952. The molecule has 4 nitrogen and oxygen atoms in total. The first-order chi connectivity index (χ1) is 3.31. The van der Waals surface area contributed by atoms with E-state index in [4.69, 9.17) is 5.73 Å². The summed E-state index contributed by atoms with van der Waals surface area (Å²) in [7, 11) is 1.34. The van der Waals surface area contributed by atoms with Crippen molar-refractivity contribution in [1.29, 1.82) is 0 Å². The number of ether oxygens (including phenoxy) is 2. The molecule has 2 N–H and O–H groups in total. The first-order valence-corrected chi connectivity index (χ1v) is 1.68. The van der Waals surface area contributed by atoms with Crippen LogP contribution in [0.4, 0.5) is 0 Å². The zero-order valence-electron chi connectivity index (χ0n) is 3.96. The number of hydrogen-bond donors (Lipinski definition) is 1. The molecule has 0 saturated carbocycles. The molecule has 0 saturated heterocycles. The van der Waals surface area contributed by atoms with Gasteiger partial charge < -0.3 is 9.47 Å². The Balaban J connectivity index is 2.98. The third kappa shape index (κ3) is 3.21. The van der Waals surface area contributed by atoms with Gasteiger partial charge in [-0.1, -0.05) is 0 Å². The highest BCUT2D eigenvalue weighted by atomic mass is 16.7. The minimum absolute atomic E-state index is 0.230. The molecule has 7 heavy (non-hydrogen) atoms. The van der Waals surface area contributed by atoms with Crippen LogP contribution in [0.1, 0.15) is 0 Å². The lowest BCUT2D eigenvalue weighted by Gasteiger charge is -2.03. The molecule has 0 fully saturated rings. The van der Waals surface area contributed by atoms with Gasteiger partial charge in [-0.05, 0) is 0 Å². The van der Waals surface area contributed by atoms with Crippen molar-refractivity contribution in [3.05, 3.63) is 0 Å². The van der Waals surface area contributed by atoms with Crippen LogP contribution in [0.15, 0.2) is 0 Å². The van der Waals surface area contributed by atoms with E-state index in [1.54, 1.807) is 0 Å². The zero-order chi connectivity index (χ0) is 5.70. The number of carbonyl (C=O) groups excluding carboxylic acids is 1. The second-order valence-electron chi connectivity index (χ2n) is 0.836. The van der Waals surface area contributed by atoms with E-state index in [0.717, 1.165) is 0 Å². The fraction of sp³-hybridized carbons (Fsp3) is 0.667. The van der Waals surface area contributed by atoms with Crippen LogP contribution >= 0.6 is 0 Å². The second-order valence-corrected chi connectivity index (χ2v) is 0.836. The standard InChI is InChI=1S/C3H7NO3/c1-6-3(4)7-2-5/h2-3H,4H2,1H3. The summed E-state index contributed by atoms with van der Waals surface area (Å²) < 4.78 is 8.38. The van der Waals surface area contributed by atoms with Crippen LogP contribution in [0.25, 0.3) is 0 Å². The molecule has 1 unspecified atom stereocenters. The molecule has 0 rings (SSSR count). The molecular weight excluding hydrogens is 98.0 g/mol. The molecule has 0 aromatic rings. The molecule has 0 radical (unpaired) electrons. The average molecular weight is 105 g/mol. The van der Waals surface area contributed by atoms with Crippen molar-refractivity contribution in [3.63, 3.8) is 0 Å². The van der Waals surface area contributed by atoms with Crippen molar-refractivity contribution in [3.8, 4) is 0 Å². The van der Waals surface area contributed by atoms with Gasteiger partial charge in [0.15, 0.2) is 0 Å². The van der Waals surface area contributed by atoms with Gasteiger partial charge in [0.2, 0.25) is 0 Å².